The lowest BCUT2D eigenvalue weighted by atomic mass is 9.98. The summed E-state index contributed by atoms with van der Waals surface area (Å²) in [7, 11) is 0. The van der Waals surface area contributed by atoms with E-state index in [1.165, 1.54) is 12.7 Å². The number of carbonyl (C=O) groups excluding carboxylic acids is 1. The number of aryl methyl sites for hydroxylation is 1. The van der Waals surface area contributed by atoms with E-state index >= 15 is 0 Å². The number of nitrogens with zero attached hydrogens (tertiary/aromatic N) is 3. The first kappa shape index (κ1) is 11.3. The number of Topliss-reactive ketones (excluding diaryl/α,β-unsaturated/α-hetero) is 1. The maximum absolute atomic E-state index is 12.0. The Labute approximate surface area is 96.1 Å². The summed E-state index contributed by atoms with van der Waals surface area (Å²) in [5.41, 5.74) is 0. The molecule has 1 aromatic rings. The Bertz CT molecular complexity index is 372. The fraction of sp³-hybridized carbons (Fsp3) is 0.750. The number of hydrogen-bond donors (Lipinski definition) is 0. The van der Waals surface area contributed by atoms with Gasteiger partial charge < -0.3 is 0 Å². The van der Waals surface area contributed by atoms with Crippen molar-refractivity contribution in [3.8, 4) is 0 Å². The van der Waals surface area contributed by atoms with Crippen LogP contribution in [0, 0.1) is 11.8 Å². The van der Waals surface area contributed by atoms with Crippen molar-refractivity contribution in [2.45, 2.75) is 46.1 Å². The fourth-order valence-corrected chi connectivity index (χ4v) is 2.49. The zero-order chi connectivity index (χ0) is 11.5. The van der Waals surface area contributed by atoms with Gasteiger partial charge >= 0.3 is 0 Å². The standard InChI is InChI=1S/C12H19N3O/c1-3-15-12(13-8-14-15)7-11(16)10-5-4-9(2)6-10/h8-10H,3-7H2,1-2H3. The zero-order valence-electron chi connectivity index (χ0n) is 10.0. The number of hydrogen-bond acceptors (Lipinski definition) is 3. The van der Waals surface area contributed by atoms with E-state index < -0.39 is 0 Å². The molecule has 1 aliphatic rings. The minimum Gasteiger partial charge on any atom is -0.299 e. The van der Waals surface area contributed by atoms with Gasteiger partial charge in [0.15, 0.2) is 0 Å². The van der Waals surface area contributed by atoms with E-state index in [9.17, 15) is 4.79 Å². The fourth-order valence-electron chi connectivity index (χ4n) is 2.49. The van der Waals surface area contributed by atoms with Crippen LogP contribution >= 0.6 is 0 Å². The van der Waals surface area contributed by atoms with Crippen LogP contribution in [0.2, 0.25) is 0 Å². The summed E-state index contributed by atoms with van der Waals surface area (Å²) in [6.45, 7) is 5.02. The van der Waals surface area contributed by atoms with Crippen LogP contribution in [0.1, 0.15) is 38.9 Å². The Kier molecular flexibility index (Phi) is 3.36. The van der Waals surface area contributed by atoms with Crippen LogP contribution in [0.5, 0.6) is 0 Å². The van der Waals surface area contributed by atoms with E-state index in [-0.39, 0.29) is 5.92 Å². The van der Waals surface area contributed by atoms with Crippen molar-refractivity contribution in [2.24, 2.45) is 11.8 Å². The Morgan fingerprint density at radius 3 is 3.00 bits per heavy atom. The first-order chi connectivity index (χ1) is 7.70. The van der Waals surface area contributed by atoms with E-state index in [0.717, 1.165) is 25.2 Å². The lowest BCUT2D eigenvalue weighted by molar-refractivity contribution is -0.122. The minimum absolute atomic E-state index is 0.261. The van der Waals surface area contributed by atoms with Crippen LogP contribution < -0.4 is 0 Å². The summed E-state index contributed by atoms with van der Waals surface area (Å²) in [6, 6.07) is 0. The van der Waals surface area contributed by atoms with Crippen LogP contribution in [0.3, 0.4) is 0 Å². The molecule has 0 aliphatic heterocycles. The Balaban J connectivity index is 1.97. The van der Waals surface area contributed by atoms with Crippen LogP contribution in [0.15, 0.2) is 6.33 Å². The molecule has 1 aromatic heterocycles. The molecule has 2 atom stereocenters. The molecule has 1 aliphatic carbocycles. The highest BCUT2D eigenvalue weighted by Gasteiger charge is 2.27. The van der Waals surface area contributed by atoms with Crippen molar-refractivity contribution in [1.29, 1.82) is 0 Å². The molecule has 0 aromatic carbocycles. The predicted molar refractivity (Wildman–Crippen MR) is 60.9 cm³/mol. The average molecular weight is 221 g/mol. The summed E-state index contributed by atoms with van der Waals surface area (Å²) in [4.78, 5) is 16.2. The molecule has 0 spiro atoms. The minimum atomic E-state index is 0.261. The van der Waals surface area contributed by atoms with Crippen molar-refractivity contribution in [3.63, 3.8) is 0 Å². The summed E-state index contributed by atoms with van der Waals surface area (Å²) >= 11 is 0. The van der Waals surface area contributed by atoms with Gasteiger partial charge in [0.1, 0.15) is 17.9 Å². The van der Waals surface area contributed by atoms with Crippen LogP contribution in [0.4, 0.5) is 0 Å². The molecule has 1 saturated carbocycles. The van der Waals surface area contributed by atoms with Crippen LogP contribution in [0.25, 0.3) is 0 Å². The maximum atomic E-state index is 12.0. The largest absolute Gasteiger partial charge is 0.299 e. The van der Waals surface area contributed by atoms with Gasteiger partial charge in [0.05, 0.1) is 6.42 Å². The monoisotopic (exact) mass is 221 g/mol. The van der Waals surface area contributed by atoms with Gasteiger partial charge in [-0.1, -0.05) is 6.92 Å². The molecule has 0 saturated heterocycles. The van der Waals surface area contributed by atoms with Gasteiger partial charge in [0.25, 0.3) is 0 Å². The first-order valence-electron chi connectivity index (χ1n) is 6.10. The highest BCUT2D eigenvalue weighted by atomic mass is 16.1. The molecule has 4 heteroatoms. The third-order valence-electron chi connectivity index (χ3n) is 3.48. The molecule has 0 amide bonds. The van der Waals surface area contributed by atoms with E-state index in [2.05, 4.69) is 17.0 Å². The Morgan fingerprint density at radius 2 is 2.38 bits per heavy atom. The van der Waals surface area contributed by atoms with Gasteiger partial charge in [0.2, 0.25) is 0 Å². The summed E-state index contributed by atoms with van der Waals surface area (Å²) in [5, 5.41) is 4.08. The second-order valence-electron chi connectivity index (χ2n) is 4.75. The molecular weight excluding hydrogens is 202 g/mol. The van der Waals surface area contributed by atoms with Crippen LogP contribution in [-0.2, 0) is 17.8 Å². The molecular formula is C12H19N3O. The van der Waals surface area contributed by atoms with Crippen molar-refractivity contribution in [3.05, 3.63) is 12.2 Å². The molecule has 4 nitrogen and oxygen atoms in total. The smallest absolute Gasteiger partial charge is 0.143 e. The molecule has 0 bridgehead atoms. The normalized spacial score (nSPS) is 24.9. The molecule has 88 valence electrons. The van der Waals surface area contributed by atoms with Crippen molar-refractivity contribution >= 4 is 5.78 Å². The molecule has 16 heavy (non-hydrogen) atoms. The number of aromatic nitrogens is 3. The SMILES string of the molecule is CCn1ncnc1CC(=O)C1CCC(C)C1. The molecule has 2 rings (SSSR count). The van der Waals surface area contributed by atoms with Gasteiger partial charge in [-0.25, -0.2) is 9.67 Å². The van der Waals surface area contributed by atoms with E-state index in [4.69, 9.17) is 0 Å². The van der Waals surface area contributed by atoms with E-state index in [1.54, 1.807) is 4.68 Å². The van der Waals surface area contributed by atoms with Crippen molar-refractivity contribution in [1.82, 2.24) is 14.8 Å². The lowest BCUT2D eigenvalue weighted by Gasteiger charge is -2.08. The summed E-state index contributed by atoms with van der Waals surface area (Å²) in [6.07, 6.45) is 5.28. The summed E-state index contributed by atoms with van der Waals surface area (Å²) < 4.78 is 1.80. The highest BCUT2D eigenvalue weighted by Crippen LogP contribution is 2.31. The predicted octanol–water partition coefficient (Wildman–Crippen LogP) is 1.85. The molecule has 0 radical (unpaired) electrons. The van der Waals surface area contributed by atoms with Crippen LogP contribution in [-0.4, -0.2) is 20.5 Å². The lowest BCUT2D eigenvalue weighted by Crippen LogP contribution is -2.17. The van der Waals surface area contributed by atoms with Gasteiger partial charge in [0, 0.05) is 12.5 Å². The summed E-state index contributed by atoms with van der Waals surface area (Å²) in [5.74, 6) is 2.12. The first-order valence-corrected chi connectivity index (χ1v) is 6.10. The van der Waals surface area contributed by atoms with Gasteiger partial charge in [-0.15, -0.1) is 0 Å². The number of carbonyl (C=O) groups is 1. The molecule has 1 heterocycles. The molecule has 1 fully saturated rings. The van der Waals surface area contributed by atoms with Crippen molar-refractivity contribution < 1.29 is 4.79 Å². The molecule has 2 unspecified atom stereocenters. The van der Waals surface area contributed by atoms with E-state index in [0.29, 0.717) is 18.1 Å². The maximum Gasteiger partial charge on any atom is 0.143 e. The van der Waals surface area contributed by atoms with Gasteiger partial charge in [-0.2, -0.15) is 5.10 Å². The second kappa shape index (κ2) is 4.76. The average Bonchev–Trinajstić information content (AvgIpc) is 2.86. The third kappa shape index (κ3) is 2.31. The van der Waals surface area contributed by atoms with Gasteiger partial charge in [-0.3, -0.25) is 4.79 Å². The Hall–Kier alpha value is -1.19. The van der Waals surface area contributed by atoms with Gasteiger partial charge in [-0.05, 0) is 32.1 Å². The Morgan fingerprint density at radius 1 is 1.56 bits per heavy atom. The topological polar surface area (TPSA) is 47.8 Å². The second-order valence-corrected chi connectivity index (χ2v) is 4.75. The quantitative estimate of drug-likeness (QED) is 0.779. The molecule has 0 N–H and O–H groups in total. The van der Waals surface area contributed by atoms with Crippen molar-refractivity contribution in [2.75, 3.05) is 0 Å². The zero-order valence-corrected chi connectivity index (χ0v) is 10.0. The highest BCUT2D eigenvalue weighted by molar-refractivity contribution is 5.82. The number of ketones is 1. The number of rotatable bonds is 4. The van der Waals surface area contributed by atoms with E-state index in [1.807, 2.05) is 6.92 Å². The third-order valence-corrected chi connectivity index (χ3v) is 3.48.